The molecule has 2 aromatic rings. The van der Waals surface area contributed by atoms with E-state index in [4.69, 9.17) is 11.1 Å². The quantitative estimate of drug-likeness (QED) is 0.643. The average Bonchev–Trinajstić information content (AvgIpc) is 2.44. The van der Waals surface area contributed by atoms with Gasteiger partial charge in [-0.2, -0.15) is 0 Å². The van der Waals surface area contributed by atoms with Gasteiger partial charge in [0.25, 0.3) is 0 Å². The Labute approximate surface area is 133 Å². The van der Waals surface area contributed by atoms with Gasteiger partial charge in [-0.05, 0) is 44.2 Å². The Morgan fingerprint density at radius 1 is 1.33 bits per heavy atom. The van der Waals surface area contributed by atoms with Crippen LogP contribution < -0.4 is 10.6 Å². The molecule has 0 amide bonds. The number of halogens is 1. The molecule has 1 aromatic carbocycles. The number of hydrogen-bond donors (Lipinski definition) is 2. The van der Waals surface area contributed by atoms with Gasteiger partial charge < -0.3 is 10.6 Å². The van der Waals surface area contributed by atoms with Crippen LogP contribution in [0.5, 0.6) is 0 Å². The van der Waals surface area contributed by atoms with Crippen molar-refractivity contribution in [3.8, 4) is 0 Å². The van der Waals surface area contributed by atoms with Crippen LogP contribution in [0.25, 0.3) is 0 Å². The zero-order valence-corrected chi connectivity index (χ0v) is 13.8. The number of nitrogen functional groups attached to an aromatic ring is 1. The molecule has 0 atom stereocenters. The highest BCUT2D eigenvalue weighted by Crippen LogP contribution is 2.26. The first kappa shape index (κ1) is 15.5. The molecule has 0 radical (unpaired) electrons. The van der Waals surface area contributed by atoms with Crippen LogP contribution in [0.2, 0.25) is 0 Å². The van der Waals surface area contributed by atoms with Crippen LogP contribution in [-0.4, -0.2) is 17.4 Å². The number of nitrogens with two attached hydrogens (primary N) is 1. The van der Waals surface area contributed by atoms with E-state index in [9.17, 15) is 0 Å². The molecule has 0 aliphatic carbocycles. The highest BCUT2D eigenvalue weighted by Gasteiger charge is 2.13. The number of aryl methyl sites for hydroxylation is 1. The van der Waals surface area contributed by atoms with Crippen molar-refractivity contribution in [3.05, 3.63) is 57.8 Å². The Morgan fingerprint density at radius 3 is 2.71 bits per heavy atom. The first-order valence-electron chi connectivity index (χ1n) is 6.82. The van der Waals surface area contributed by atoms with E-state index in [1.807, 2.05) is 43.3 Å². The summed E-state index contributed by atoms with van der Waals surface area (Å²) in [4.78, 5) is 6.71. The smallest absolute Gasteiger partial charge is 0.124 e. The van der Waals surface area contributed by atoms with Crippen molar-refractivity contribution in [2.24, 2.45) is 5.73 Å². The van der Waals surface area contributed by atoms with Crippen molar-refractivity contribution in [1.82, 2.24) is 4.98 Å². The molecule has 0 spiro atoms. The molecule has 0 aliphatic heterocycles. The number of rotatable bonds is 5. The van der Waals surface area contributed by atoms with Crippen LogP contribution in [0.15, 0.2) is 40.9 Å². The van der Waals surface area contributed by atoms with Crippen LogP contribution in [0.4, 0.5) is 5.69 Å². The van der Waals surface area contributed by atoms with Crippen LogP contribution in [0, 0.1) is 12.3 Å². The van der Waals surface area contributed by atoms with E-state index in [1.165, 1.54) is 0 Å². The van der Waals surface area contributed by atoms with Crippen molar-refractivity contribution in [2.75, 3.05) is 11.4 Å². The van der Waals surface area contributed by atoms with Gasteiger partial charge in [0.2, 0.25) is 0 Å². The standard InChI is InChI=1S/C16H19BrN4/c1-3-21(10-13-6-4-5-11(2)20-13)15-9-12(17)7-8-14(15)16(18)19/h4-9H,3,10H2,1-2H3,(H3,18,19). The summed E-state index contributed by atoms with van der Waals surface area (Å²) in [5.41, 5.74) is 9.40. The van der Waals surface area contributed by atoms with Crippen LogP contribution in [0.3, 0.4) is 0 Å². The Bertz CT molecular complexity index is 654. The Morgan fingerprint density at radius 2 is 2.10 bits per heavy atom. The maximum absolute atomic E-state index is 7.75. The molecule has 4 nitrogen and oxygen atoms in total. The first-order valence-corrected chi connectivity index (χ1v) is 7.62. The summed E-state index contributed by atoms with van der Waals surface area (Å²) in [7, 11) is 0. The lowest BCUT2D eigenvalue weighted by Gasteiger charge is -2.25. The Hall–Kier alpha value is -1.88. The van der Waals surface area contributed by atoms with Crippen molar-refractivity contribution >= 4 is 27.5 Å². The van der Waals surface area contributed by atoms with Crippen molar-refractivity contribution in [2.45, 2.75) is 20.4 Å². The molecular formula is C16H19BrN4. The summed E-state index contributed by atoms with van der Waals surface area (Å²) in [5, 5.41) is 7.75. The van der Waals surface area contributed by atoms with Gasteiger partial charge in [-0.1, -0.05) is 22.0 Å². The Kier molecular flexibility index (Phi) is 4.96. The minimum absolute atomic E-state index is 0.0770. The van der Waals surface area contributed by atoms with Gasteiger partial charge in [0.15, 0.2) is 0 Å². The van der Waals surface area contributed by atoms with Crippen molar-refractivity contribution in [1.29, 1.82) is 5.41 Å². The minimum atomic E-state index is 0.0770. The first-order chi connectivity index (χ1) is 10.0. The van der Waals surface area contributed by atoms with Crippen LogP contribution in [0.1, 0.15) is 23.9 Å². The number of pyridine rings is 1. The van der Waals surface area contributed by atoms with Crippen LogP contribution in [-0.2, 0) is 6.54 Å². The molecule has 110 valence electrons. The fourth-order valence-electron chi connectivity index (χ4n) is 2.24. The Balaban J connectivity index is 2.37. The van der Waals surface area contributed by atoms with E-state index >= 15 is 0 Å². The number of nitrogens with zero attached hydrogens (tertiary/aromatic N) is 2. The molecular weight excluding hydrogens is 328 g/mol. The second kappa shape index (κ2) is 6.72. The highest BCUT2D eigenvalue weighted by atomic mass is 79.9. The largest absolute Gasteiger partial charge is 0.384 e. The summed E-state index contributed by atoms with van der Waals surface area (Å²) < 4.78 is 0.971. The maximum Gasteiger partial charge on any atom is 0.124 e. The summed E-state index contributed by atoms with van der Waals surface area (Å²) in [6.45, 7) is 5.57. The van der Waals surface area contributed by atoms with Gasteiger partial charge in [-0.25, -0.2) is 0 Å². The van der Waals surface area contributed by atoms with E-state index in [0.717, 1.165) is 33.7 Å². The topological polar surface area (TPSA) is 66.0 Å². The molecule has 1 heterocycles. The maximum atomic E-state index is 7.75. The molecule has 0 unspecified atom stereocenters. The normalized spacial score (nSPS) is 10.4. The monoisotopic (exact) mass is 346 g/mol. The lowest BCUT2D eigenvalue weighted by molar-refractivity contribution is 0.804. The molecule has 1 aromatic heterocycles. The number of aromatic nitrogens is 1. The summed E-state index contributed by atoms with van der Waals surface area (Å²) in [6, 6.07) is 11.8. The number of amidine groups is 1. The van der Waals surface area contributed by atoms with Crippen molar-refractivity contribution < 1.29 is 0 Å². The van der Waals surface area contributed by atoms with E-state index in [2.05, 4.69) is 32.7 Å². The molecule has 0 saturated heterocycles. The third kappa shape index (κ3) is 3.82. The molecule has 3 N–H and O–H groups in total. The number of anilines is 1. The molecule has 21 heavy (non-hydrogen) atoms. The fourth-order valence-corrected chi connectivity index (χ4v) is 2.59. The zero-order chi connectivity index (χ0) is 15.4. The highest BCUT2D eigenvalue weighted by molar-refractivity contribution is 9.10. The molecule has 2 rings (SSSR count). The predicted molar refractivity (Wildman–Crippen MR) is 90.9 cm³/mol. The second-order valence-electron chi connectivity index (χ2n) is 4.86. The van der Waals surface area contributed by atoms with Gasteiger partial charge in [0.05, 0.1) is 12.2 Å². The minimum Gasteiger partial charge on any atom is -0.384 e. The third-order valence-corrected chi connectivity index (χ3v) is 3.76. The third-order valence-electron chi connectivity index (χ3n) is 3.27. The molecule has 5 heteroatoms. The molecule has 0 saturated carbocycles. The summed E-state index contributed by atoms with van der Waals surface area (Å²) >= 11 is 3.49. The lowest BCUT2D eigenvalue weighted by atomic mass is 10.1. The predicted octanol–water partition coefficient (Wildman–Crippen LogP) is 3.46. The average molecular weight is 347 g/mol. The number of hydrogen-bond acceptors (Lipinski definition) is 3. The summed E-state index contributed by atoms with van der Waals surface area (Å²) in [5.74, 6) is 0.0770. The molecule has 0 bridgehead atoms. The van der Waals surface area contributed by atoms with Crippen LogP contribution >= 0.6 is 15.9 Å². The molecule has 0 aliphatic rings. The van der Waals surface area contributed by atoms with Gasteiger partial charge in [0.1, 0.15) is 5.84 Å². The second-order valence-corrected chi connectivity index (χ2v) is 5.78. The van der Waals surface area contributed by atoms with Gasteiger partial charge >= 0.3 is 0 Å². The van der Waals surface area contributed by atoms with Gasteiger partial charge in [0, 0.05) is 28.0 Å². The van der Waals surface area contributed by atoms with E-state index in [-0.39, 0.29) is 5.84 Å². The van der Waals surface area contributed by atoms with E-state index in [0.29, 0.717) is 6.54 Å². The van der Waals surface area contributed by atoms with Gasteiger partial charge in [-0.15, -0.1) is 0 Å². The SMILES string of the molecule is CCN(Cc1cccc(C)n1)c1cc(Br)ccc1C(=N)N. The van der Waals surface area contributed by atoms with Crippen molar-refractivity contribution in [3.63, 3.8) is 0 Å². The van der Waals surface area contributed by atoms with E-state index in [1.54, 1.807) is 0 Å². The number of benzene rings is 1. The zero-order valence-electron chi connectivity index (χ0n) is 12.2. The number of nitrogens with one attached hydrogen (secondary N) is 1. The van der Waals surface area contributed by atoms with Gasteiger partial charge in [-0.3, -0.25) is 10.4 Å². The molecule has 0 fully saturated rings. The fraction of sp³-hybridized carbons (Fsp3) is 0.250. The van der Waals surface area contributed by atoms with E-state index < -0.39 is 0 Å². The summed E-state index contributed by atoms with van der Waals surface area (Å²) in [6.07, 6.45) is 0. The lowest BCUT2D eigenvalue weighted by Crippen LogP contribution is -2.26.